The molecule has 0 aliphatic carbocycles. The second-order valence-corrected chi connectivity index (χ2v) is 8.48. The first-order valence-electron chi connectivity index (χ1n) is 4.94. The summed E-state index contributed by atoms with van der Waals surface area (Å²) in [6.45, 7) is 10.8. The third-order valence-corrected chi connectivity index (χ3v) is 8.26. The van der Waals surface area contributed by atoms with Gasteiger partial charge in [0.15, 0.2) is 0 Å². The Kier molecular flexibility index (Phi) is 2.73. The molecular formula is C10H21OP. The van der Waals surface area contributed by atoms with Crippen LogP contribution in [0.5, 0.6) is 0 Å². The third-order valence-electron chi connectivity index (χ3n) is 4.01. The Bertz CT molecular complexity index is 194. The van der Waals surface area contributed by atoms with Crippen molar-refractivity contribution in [2.24, 2.45) is 11.8 Å². The Hall–Kier alpha value is 0.230. The van der Waals surface area contributed by atoms with Gasteiger partial charge in [-0.15, -0.1) is 0 Å². The zero-order valence-corrected chi connectivity index (χ0v) is 9.77. The average Bonchev–Trinajstić information content (AvgIpc) is 1.99. The van der Waals surface area contributed by atoms with E-state index in [0.29, 0.717) is 23.2 Å². The van der Waals surface area contributed by atoms with Crippen molar-refractivity contribution in [1.82, 2.24) is 0 Å². The predicted molar refractivity (Wildman–Crippen MR) is 55.4 cm³/mol. The normalized spacial score (nSPS) is 55.4. The molecule has 2 heteroatoms. The molecule has 1 aliphatic heterocycles. The van der Waals surface area contributed by atoms with Gasteiger partial charge in [-0.2, -0.15) is 0 Å². The van der Waals surface area contributed by atoms with Crippen LogP contribution in [0.15, 0.2) is 0 Å². The van der Waals surface area contributed by atoms with Gasteiger partial charge >= 0.3 is 0 Å². The topological polar surface area (TPSA) is 17.1 Å². The molecule has 1 saturated heterocycles. The lowest BCUT2D eigenvalue weighted by atomic mass is 9.92. The van der Waals surface area contributed by atoms with Gasteiger partial charge in [0, 0.05) is 11.3 Å². The molecule has 1 nitrogen and oxygen atoms in total. The smallest absolute Gasteiger partial charge is 0.0906 e. The lowest BCUT2D eigenvalue weighted by Crippen LogP contribution is -2.32. The number of hydrogen-bond donors (Lipinski definition) is 0. The second kappa shape index (κ2) is 3.18. The summed E-state index contributed by atoms with van der Waals surface area (Å²) < 4.78 is 12.3. The summed E-state index contributed by atoms with van der Waals surface area (Å²) in [5.74, 6) is 1.29. The maximum atomic E-state index is 12.3. The van der Waals surface area contributed by atoms with Crippen molar-refractivity contribution in [2.75, 3.05) is 6.66 Å². The molecule has 0 N–H and O–H groups in total. The van der Waals surface area contributed by atoms with E-state index in [4.69, 9.17) is 0 Å². The first-order valence-corrected chi connectivity index (χ1v) is 7.23. The van der Waals surface area contributed by atoms with Crippen LogP contribution in [-0.4, -0.2) is 18.0 Å². The summed E-state index contributed by atoms with van der Waals surface area (Å²) in [5.41, 5.74) is 0.868. The van der Waals surface area contributed by atoms with Crippen molar-refractivity contribution in [1.29, 1.82) is 0 Å². The van der Waals surface area contributed by atoms with Crippen LogP contribution in [0, 0.1) is 11.8 Å². The minimum atomic E-state index is -1.88. The fraction of sp³-hybridized carbons (Fsp3) is 1.00. The highest BCUT2D eigenvalue weighted by Gasteiger charge is 2.41. The molecular weight excluding hydrogens is 167 g/mol. The highest BCUT2D eigenvalue weighted by Crippen LogP contribution is 2.60. The minimum Gasteiger partial charge on any atom is -0.323 e. The summed E-state index contributed by atoms with van der Waals surface area (Å²) >= 11 is 0. The Labute approximate surface area is 76.3 Å². The largest absolute Gasteiger partial charge is 0.323 e. The van der Waals surface area contributed by atoms with Crippen molar-refractivity contribution < 1.29 is 4.57 Å². The summed E-state index contributed by atoms with van der Waals surface area (Å²) in [5, 5.41) is 0. The molecule has 0 aromatic rings. The molecule has 0 aromatic carbocycles. The van der Waals surface area contributed by atoms with E-state index in [-0.39, 0.29) is 0 Å². The van der Waals surface area contributed by atoms with Crippen LogP contribution in [0.2, 0.25) is 0 Å². The lowest BCUT2D eigenvalue weighted by Gasteiger charge is -2.41. The monoisotopic (exact) mass is 188 g/mol. The zero-order chi connectivity index (χ0) is 9.52. The Morgan fingerprint density at radius 3 is 1.67 bits per heavy atom. The molecule has 0 aromatic heterocycles. The predicted octanol–water partition coefficient (Wildman–Crippen LogP) is 3.43. The minimum absolute atomic E-state index is 0.434. The van der Waals surface area contributed by atoms with Gasteiger partial charge in [-0.25, -0.2) is 0 Å². The van der Waals surface area contributed by atoms with Crippen LogP contribution in [0.4, 0.5) is 0 Å². The standard InChI is InChI=1S/C10H21OP/c1-7-6-8(2)10(4)12(5,11)9(7)3/h7-10H,6H2,1-5H3/t7-,8+,9-,10+,12?. The second-order valence-electron chi connectivity index (χ2n) is 4.73. The number of hydrogen-bond acceptors (Lipinski definition) is 1. The van der Waals surface area contributed by atoms with Crippen molar-refractivity contribution in [2.45, 2.75) is 45.4 Å². The summed E-state index contributed by atoms with van der Waals surface area (Å²) in [4.78, 5) is 0. The fourth-order valence-corrected chi connectivity index (χ4v) is 5.37. The van der Waals surface area contributed by atoms with Gasteiger partial charge in [-0.05, 0) is 24.9 Å². The highest BCUT2D eigenvalue weighted by atomic mass is 31.2. The molecule has 1 heterocycles. The van der Waals surface area contributed by atoms with Crippen LogP contribution < -0.4 is 0 Å². The van der Waals surface area contributed by atoms with Gasteiger partial charge in [0.2, 0.25) is 0 Å². The zero-order valence-electron chi connectivity index (χ0n) is 8.87. The molecule has 0 bridgehead atoms. The van der Waals surface area contributed by atoms with Crippen LogP contribution in [0.3, 0.4) is 0 Å². The first kappa shape index (κ1) is 10.3. The van der Waals surface area contributed by atoms with Crippen molar-refractivity contribution in [3.05, 3.63) is 0 Å². The van der Waals surface area contributed by atoms with E-state index in [1.807, 2.05) is 6.66 Å². The van der Waals surface area contributed by atoms with E-state index >= 15 is 0 Å². The number of rotatable bonds is 0. The van der Waals surface area contributed by atoms with E-state index in [9.17, 15) is 4.57 Å². The molecule has 1 aliphatic rings. The molecule has 1 fully saturated rings. The fourth-order valence-electron chi connectivity index (χ4n) is 2.36. The molecule has 1 unspecified atom stereocenters. The van der Waals surface area contributed by atoms with Crippen molar-refractivity contribution >= 4 is 7.14 Å². The Morgan fingerprint density at radius 2 is 1.33 bits per heavy atom. The van der Waals surface area contributed by atoms with Crippen LogP contribution >= 0.6 is 7.14 Å². The molecule has 0 saturated carbocycles. The van der Waals surface area contributed by atoms with E-state index in [0.717, 1.165) is 0 Å². The van der Waals surface area contributed by atoms with E-state index in [1.165, 1.54) is 6.42 Å². The Balaban J connectivity index is 2.90. The van der Waals surface area contributed by atoms with Crippen molar-refractivity contribution in [3.8, 4) is 0 Å². The third kappa shape index (κ3) is 1.48. The quantitative estimate of drug-likeness (QED) is 0.532. The molecule has 0 amide bonds. The van der Waals surface area contributed by atoms with E-state index in [1.54, 1.807) is 0 Å². The van der Waals surface area contributed by atoms with Gasteiger partial charge < -0.3 is 4.57 Å². The highest BCUT2D eigenvalue weighted by molar-refractivity contribution is 7.64. The van der Waals surface area contributed by atoms with Gasteiger partial charge in [-0.3, -0.25) is 0 Å². The molecule has 12 heavy (non-hydrogen) atoms. The maximum Gasteiger partial charge on any atom is 0.0906 e. The molecule has 0 radical (unpaired) electrons. The van der Waals surface area contributed by atoms with Gasteiger partial charge in [0.25, 0.3) is 0 Å². The maximum absolute atomic E-state index is 12.3. The van der Waals surface area contributed by atoms with Crippen LogP contribution in [-0.2, 0) is 4.57 Å². The van der Waals surface area contributed by atoms with Crippen LogP contribution in [0.1, 0.15) is 34.1 Å². The van der Waals surface area contributed by atoms with Crippen molar-refractivity contribution in [3.63, 3.8) is 0 Å². The summed E-state index contributed by atoms with van der Waals surface area (Å²) in [6, 6.07) is 0. The van der Waals surface area contributed by atoms with E-state index < -0.39 is 7.14 Å². The van der Waals surface area contributed by atoms with Gasteiger partial charge in [0.1, 0.15) is 0 Å². The molecule has 0 spiro atoms. The van der Waals surface area contributed by atoms with Crippen LogP contribution in [0.25, 0.3) is 0 Å². The first-order chi connectivity index (χ1) is 5.37. The molecule has 72 valence electrons. The van der Waals surface area contributed by atoms with Gasteiger partial charge in [0.05, 0.1) is 7.14 Å². The SMILES string of the molecule is C[C@@H]1C[C@H](C)[C@H](C)P(C)(=O)[C@@H]1C. The molecule has 1 rings (SSSR count). The summed E-state index contributed by atoms with van der Waals surface area (Å²) in [7, 11) is -1.88. The molecule has 5 atom stereocenters. The lowest BCUT2D eigenvalue weighted by molar-refractivity contribution is 0.359. The van der Waals surface area contributed by atoms with Gasteiger partial charge in [-0.1, -0.05) is 27.7 Å². The summed E-state index contributed by atoms with van der Waals surface area (Å²) in [6.07, 6.45) is 1.25. The van der Waals surface area contributed by atoms with E-state index in [2.05, 4.69) is 27.7 Å². The average molecular weight is 188 g/mol. The Morgan fingerprint density at radius 1 is 1.00 bits per heavy atom.